The van der Waals surface area contributed by atoms with E-state index in [1.165, 1.54) is 44.6 Å². The fourth-order valence-electron chi connectivity index (χ4n) is 3.35. The molecule has 0 saturated heterocycles. The zero-order valence-electron chi connectivity index (χ0n) is 19.0. The van der Waals surface area contributed by atoms with Gasteiger partial charge in [-0.3, -0.25) is 4.79 Å². The zero-order valence-corrected chi connectivity index (χ0v) is 21.0. The summed E-state index contributed by atoms with van der Waals surface area (Å²) in [5.41, 5.74) is -2.47. The Morgan fingerprint density at radius 3 is 2.08 bits per heavy atom. The maximum atomic E-state index is 13.8. The van der Waals surface area contributed by atoms with Crippen LogP contribution >= 0.6 is 0 Å². The van der Waals surface area contributed by atoms with Crippen LogP contribution in [0.2, 0.25) is 0 Å². The number of ether oxygens (including phenoxy) is 3. The summed E-state index contributed by atoms with van der Waals surface area (Å²) >= 11 is 0. The zero-order chi connectivity index (χ0) is 25.3. The first-order valence-corrected chi connectivity index (χ1v) is 9.76. The number of halogens is 3. The van der Waals surface area contributed by atoms with Crippen molar-refractivity contribution in [3.63, 3.8) is 0 Å². The number of carboxylic acid groups (broad SMARTS) is 1. The number of alkyl halides is 3. The van der Waals surface area contributed by atoms with Gasteiger partial charge < -0.3 is 28.5 Å². The number of methoxy groups -OCH3 is 2. The predicted molar refractivity (Wildman–Crippen MR) is 111 cm³/mol. The molecule has 0 N–H and O–H groups in total. The minimum atomic E-state index is -5.10. The van der Waals surface area contributed by atoms with Crippen molar-refractivity contribution in [1.29, 1.82) is 0 Å². The molecule has 0 atom stereocenters. The summed E-state index contributed by atoms with van der Waals surface area (Å²) in [6.07, 6.45) is -5.10. The van der Waals surface area contributed by atoms with Crippen molar-refractivity contribution in [1.82, 2.24) is 9.97 Å². The molecule has 0 unspecified atom stereocenters. The molecule has 0 aliphatic rings. The SMILES string of the molecule is COc1cc(OC)nc(Oc2ccc3oc(C(F)(F)F)c(C(=O)c4ccccc4)c3c2C(=O)[O-])n1.[Na+]. The first kappa shape index (κ1) is 27.0. The molecule has 0 saturated carbocycles. The molecule has 0 fully saturated rings. The van der Waals surface area contributed by atoms with Crippen molar-refractivity contribution in [2.45, 2.75) is 6.18 Å². The van der Waals surface area contributed by atoms with Gasteiger partial charge >= 0.3 is 41.7 Å². The second-order valence-corrected chi connectivity index (χ2v) is 6.94. The van der Waals surface area contributed by atoms with Crippen LogP contribution in [-0.2, 0) is 6.18 Å². The number of aromatic carboxylic acids is 1. The van der Waals surface area contributed by atoms with E-state index in [4.69, 9.17) is 18.6 Å². The number of nitrogens with zero attached hydrogens (tertiary/aromatic N) is 2. The Kier molecular flexibility index (Phi) is 7.92. The molecule has 2 aromatic heterocycles. The monoisotopic (exact) mass is 510 g/mol. The van der Waals surface area contributed by atoms with Crippen molar-refractivity contribution >= 4 is 22.7 Å². The second kappa shape index (κ2) is 10.6. The molecule has 0 spiro atoms. The molecule has 4 aromatic rings. The van der Waals surface area contributed by atoms with Crippen LogP contribution in [0.25, 0.3) is 11.0 Å². The third-order valence-electron chi connectivity index (χ3n) is 4.82. The number of carbonyl (C=O) groups is 2. The Morgan fingerprint density at radius 1 is 0.944 bits per heavy atom. The molecule has 36 heavy (non-hydrogen) atoms. The Hall–Kier alpha value is -3.61. The molecule has 0 bridgehead atoms. The van der Waals surface area contributed by atoms with E-state index in [1.807, 2.05) is 0 Å². The number of fused-ring (bicyclic) bond motifs is 1. The van der Waals surface area contributed by atoms with Crippen LogP contribution in [0, 0.1) is 0 Å². The van der Waals surface area contributed by atoms with Gasteiger partial charge in [0.2, 0.25) is 17.5 Å². The number of ketones is 1. The molecule has 180 valence electrons. The number of benzene rings is 2. The van der Waals surface area contributed by atoms with Gasteiger partial charge in [-0.05, 0) is 12.1 Å². The van der Waals surface area contributed by atoms with Gasteiger partial charge in [-0.15, -0.1) is 0 Å². The molecule has 0 aliphatic carbocycles. The molecule has 2 heterocycles. The number of hydrogen-bond acceptors (Lipinski definition) is 9. The topological polar surface area (TPSA) is 124 Å². The van der Waals surface area contributed by atoms with Gasteiger partial charge in [0.25, 0.3) is 0 Å². The summed E-state index contributed by atoms with van der Waals surface area (Å²) in [5.74, 6) is -5.16. The Balaban J connectivity index is 0.00000361. The predicted octanol–water partition coefficient (Wildman–Crippen LogP) is 0.650. The number of hydrogen-bond donors (Lipinski definition) is 0. The molecule has 13 heteroatoms. The van der Waals surface area contributed by atoms with E-state index in [-0.39, 0.29) is 46.9 Å². The average molecular weight is 510 g/mol. The maximum Gasteiger partial charge on any atom is 1.00 e. The molecule has 0 amide bonds. The number of carboxylic acids is 1. The molecule has 4 rings (SSSR count). The summed E-state index contributed by atoms with van der Waals surface area (Å²) in [6, 6.07) is 9.99. The minimum Gasteiger partial charge on any atom is -0.545 e. The second-order valence-electron chi connectivity index (χ2n) is 6.94. The van der Waals surface area contributed by atoms with Crippen molar-refractivity contribution in [2.75, 3.05) is 14.2 Å². The van der Waals surface area contributed by atoms with Gasteiger partial charge in [-0.2, -0.15) is 23.1 Å². The van der Waals surface area contributed by atoms with E-state index < -0.39 is 57.5 Å². The fourth-order valence-corrected chi connectivity index (χ4v) is 3.35. The largest absolute Gasteiger partial charge is 1.00 e. The van der Waals surface area contributed by atoms with E-state index in [0.717, 1.165) is 12.1 Å². The molecular formula is C23H14F3N2NaO7. The van der Waals surface area contributed by atoms with Gasteiger partial charge in [0.05, 0.1) is 37.4 Å². The van der Waals surface area contributed by atoms with Crippen molar-refractivity contribution in [2.24, 2.45) is 0 Å². The first-order valence-electron chi connectivity index (χ1n) is 9.76. The first-order chi connectivity index (χ1) is 16.6. The molecule has 2 aromatic carbocycles. The summed E-state index contributed by atoms with van der Waals surface area (Å²) < 4.78 is 61.8. The summed E-state index contributed by atoms with van der Waals surface area (Å²) in [7, 11) is 2.60. The van der Waals surface area contributed by atoms with Gasteiger partial charge in [0.15, 0.2) is 5.78 Å². The van der Waals surface area contributed by atoms with Gasteiger partial charge in [0, 0.05) is 10.9 Å². The third kappa shape index (κ3) is 5.15. The third-order valence-corrected chi connectivity index (χ3v) is 4.82. The van der Waals surface area contributed by atoms with Crippen LogP contribution in [0.1, 0.15) is 32.0 Å². The van der Waals surface area contributed by atoms with Crippen LogP contribution in [0.4, 0.5) is 13.2 Å². The van der Waals surface area contributed by atoms with E-state index >= 15 is 0 Å². The van der Waals surface area contributed by atoms with Gasteiger partial charge in [-0.25, -0.2) is 0 Å². The fraction of sp³-hybridized carbons (Fsp3) is 0.130. The molecule has 0 radical (unpaired) electrons. The van der Waals surface area contributed by atoms with E-state index in [2.05, 4.69) is 9.97 Å². The van der Waals surface area contributed by atoms with Crippen LogP contribution in [0.15, 0.2) is 52.9 Å². The van der Waals surface area contributed by atoms with Gasteiger partial charge in [-0.1, -0.05) is 30.3 Å². The van der Waals surface area contributed by atoms with Gasteiger partial charge in [0.1, 0.15) is 11.3 Å². The number of carbonyl (C=O) groups excluding carboxylic acids is 2. The number of aromatic nitrogens is 2. The van der Waals surface area contributed by atoms with Crippen LogP contribution in [0.3, 0.4) is 0 Å². The summed E-state index contributed by atoms with van der Waals surface area (Å²) in [6.45, 7) is 0. The van der Waals surface area contributed by atoms with Crippen LogP contribution in [-0.4, -0.2) is 35.9 Å². The Labute approximate surface area is 223 Å². The van der Waals surface area contributed by atoms with Crippen molar-refractivity contribution in [3.05, 3.63) is 71.0 Å². The number of rotatable bonds is 7. The number of furan rings is 1. The summed E-state index contributed by atoms with van der Waals surface area (Å²) in [4.78, 5) is 33.1. The van der Waals surface area contributed by atoms with E-state index in [0.29, 0.717) is 0 Å². The Bertz CT molecular complexity index is 1420. The molecular weight excluding hydrogens is 496 g/mol. The van der Waals surface area contributed by atoms with E-state index in [1.54, 1.807) is 6.07 Å². The Morgan fingerprint density at radius 2 is 1.56 bits per heavy atom. The minimum absolute atomic E-state index is 0. The standard InChI is InChI=1S/C23H15F3N2O7.Na/c1-32-14-10-15(33-2)28-22(27-14)35-13-9-8-12-16(17(13)21(30)31)18(20(34-12)23(24,25)26)19(29)11-6-4-3-5-7-11;/h3-10H,1-2H3,(H,30,31);/q;+1/p-1. The maximum absolute atomic E-state index is 13.8. The normalized spacial score (nSPS) is 11.0. The molecule has 0 aliphatic heterocycles. The summed E-state index contributed by atoms with van der Waals surface area (Å²) in [5, 5.41) is 11.5. The van der Waals surface area contributed by atoms with Crippen molar-refractivity contribution in [3.8, 4) is 23.5 Å². The smallest absolute Gasteiger partial charge is 0.545 e. The van der Waals surface area contributed by atoms with Crippen LogP contribution < -0.4 is 48.9 Å². The van der Waals surface area contributed by atoms with Crippen LogP contribution in [0.5, 0.6) is 23.5 Å². The molecule has 9 nitrogen and oxygen atoms in total. The van der Waals surface area contributed by atoms with Crippen molar-refractivity contribution < 1.29 is 76.1 Å². The quantitative estimate of drug-likeness (QED) is 0.260. The average Bonchev–Trinajstić information content (AvgIpc) is 3.23. The van der Waals surface area contributed by atoms with E-state index in [9.17, 15) is 27.9 Å².